The van der Waals surface area contributed by atoms with Gasteiger partial charge in [0.05, 0.1) is 27.3 Å². The van der Waals surface area contributed by atoms with Crippen LogP contribution in [0.15, 0.2) is 46.4 Å². The van der Waals surface area contributed by atoms with Crippen LogP contribution in [0.3, 0.4) is 0 Å². The normalized spacial score (nSPS) is 11.2. The fourth-order valence-corrected chi connectivity index (χ4v) is 2.00. The van der Waals surface area contributed by atoms with Crippen molar-refractivity contribution in [3.8, 4) is 23.0 Å². The lowest BCUT2D eigenvalue weighted by molar-refractivity contribution is 0.373. The Morgan fingerprint density at radius 1 is 0.792 bits per heavy atom. The number of hydrogen-bond acceptors (Lipinski definition) is 6. The summed E-state index contributed by atoms with van der Waals surface area (Å²) in [5, 5.41) is 19.1. The monoisotopic (exact) mass is 328 g/mol. The number of methoxy groups -OCH3 is 2. The predicted molar refractivity (Wildman–Crippen MR) is 94.2 cm³/mol. The third-order valence-corrected chi connectivity index (χ3v) is 3.25. The van der Waals surface area contributed by atoms with Gasteiger partial charge in [-0.1, -0.05) is 0 Å². The molecule has 0 bridgehead atoms. The van der Waals surface area contributed by atoms with Gasteiger partial charge in [-0.2, -0.15) is 0 Å². The second-order valence-electron chi connectivity index (χ2n) is 4.93. The van der Waals surface area contributed by atoms with Crippen molar-refractivity contribution in [2.24, 2.45) is 9.98 Å². The second-order valence-corrected chi connectivity index (χ2v) is 4.93. The molecule has 2 aromatic rings. The van der Waals surface area contributed by atoms with Crippen molar-refractivity contribution in [2.75, 3.05) is 27.3 Å². The van der Waals surface area contributed by atoms with Crippen molar-refractivity contribution >= 4 is 12.4 Å². The minimum absolute atomic E-state index is 0.101. The second kappa shape index (κ2) is 8.57. The zero-order valence-corrected chi connectivity index (χ0v) is 13.6. The smallest absolute Gasteiger partial charge is 0.161 e. The molecule has 6 heteroatoms. The van der Waals surface area contributed by atoms with E-state index in [-0.39, 0.29) is 11.5 Å². The maximum Gasteiger partial charge on any atom is 0.161 e. The molecular formula is C18H20N2O4. The van der Waals surface area contributed by atoms with E-state index in [2.05, 4.69) is 9.98 Å². The van der Waals surface area contributed by atoms with Crippen LogP contribution in [0, 0.1) is 0 Å². The SMILES string of the molecule is COc1cc(C=NCCN=Cc2ccc(O)c(OC)c2)ccc1O. The number of ether oxygens (including phenoxy) is 2. The summed E-state index contributed by atoms with van der Waals surface area (Å²) in [6, 6.07) is 10.1. The van der Waals surface area contributed by atoms with Gasteiger partial charge in [0.15, 0.2) is 23.0 Å². The summed E-state index contributed by atoms with van der Waals surface area (Å²) in [4.78, 5) is 8.57. The van der Waals surface area contributed by atoms with E-state index in [1.807, 2.05) is 0 Å². The van der Waals surface area contributed by atoms with E-state index < -0.39 is 0 Å². The van der Waals surface area contributed by atoms with E-state index in [9.17, 15) is 10.2 Å². The Labute approximate surface area is 140 Å². The van der Waals surface area contributed by atoms with E-state index in [4.69, 9.17) is 9.47 Å². The molecule has 0 unspecified atom stereocenters. The molecule has 2 N–H and O–H groups in total. The van der Waals surface area contributed by atoms with E-state index >= 15 is 0 Å². The lowest BCUT2D eigenvalue weighted by Gasteiger charge is -2.03. The molecule has 0 aromatic heterocycles. The van der Waals surface area contributed by atoms with Gasteiger partial charge in [0.2, 0.25) is 0 Å². The summed E-state index contributed by atoms with van der Waals surface area (Å²) in [7, 11) is 3.01. The van der Waals surface area contributed by atoms with Gasteiger partial charge < -0.3 is 19.7 Å². The first kappa shape index (κ1) is 17.3. The Balaban J connectivity index is 1.86. The van der Waals surface area contributed by atoms with Crippen LogP contribution in [-0.2, 0) is 0 Å². The zero-order valence-electron chi connectivity index (χ0n) is 13.6. The molecule has 0 heterocycles. The van der Waals surface area contributed by atoms with Crippen molar-refractivity contribution in [2.45, 2.75) is 0 Å². The maximum atomic E-state index is 9.53. The average Bonchev–Trinajstić information content (AvgIpc) is 2.60. The van der Waals surface area contributed by atoms with Crippen LogP contribution in [0.1, 0.15) is 11.1 Å². The summed E-state index contributed by atoms with van der Waals surface area (Å²) in [6.45, 7) is 1.07. The molecule has 0 saturated heterocycles. The maximum absolute atomic E-state index is 9.53. The quantitative estimate of drug-likeness (QED) is 0.604. The number of hydrogen-bond donors (Lipinski definition) is 2. The van der Waals surface area contributed by atoms with Crippen LogP contribution in [-0.4, -0.2) is 50.0 Å². The topological polar surface area (TPSA) is 83.6 Å². The van der Waals surface area contributed by atoms with E-state index in [0.29, 0.717) is 24.6 Å². The van der Waals surface area contributed by atoms with Gasteiger partial charge in [0, 0.05) is 12.4 Å². The number of nitrogens with zero attached hydrogens (tertiary/aromatic N) is 2. The Bertz CT molecular complexity index is 678. The summed E-state index contributed by atoms with van der Waals surface area (Å²) < 4.78 is 10.1. The van der Waals surface area contributed by atoms with Crippen LogP contribution in [0.5, 0.6) is 23.0 Å². The highest BCUT2D eigenvalue weighted by molar-refractivity contribution is 5.81. The number of aliphatic imine (C=N–C) groups is 2. The third-order valence-electron chi connectivity index (χ3n) is 3.25. The van der Waals surface area contributed by atoms with E-state index in [0.717, 1.165) is 11.1 Å². The van der Waals surface area contributed by atoms with Crippen molar-refractivity contribution in [1.29, 1.82) is 0 Å². The number of rotatable bonds is 7. The summed E-state index contributed by atoms with van der Waals surface area (Å²) in [6.07, 6.45) is 3.42. The lowest BCUT2D eigenvalue weighted by atomic mass is 10.2. The van der Waals surface area contributed by atoms with Crippen molar-refractivity contribution < 1.29 is 19.7 Å². The van der Waals surface area contributed by atoms with Crippen LogP contribution in [0.4, 0.5) is 0 Å². The molecular weight excluding hydrogens is 308 g/mol. The first-order valence-electron chi connectivity index (χ1n) is 7.37. The number of benzene rings is 2. The van der Waals surface area contributed by atoms with E-state index in [1.54, 1.807) is 48.8 Å². The molecule has 0 atom stereocenters. The summed E-state index contributed by atoms with van der Waals surface area (Å²) in [5.41, 5.74) is 1.69. The van der Waals surface area contributed by atoms with Crippen molar-refractivity contribution in [3.05, 3.63) is 47.5 Å². The van der Waals surface area contributed by atoms with Gasteiger partial charge in [-0.05, 0) is 47.5 Å². The van der Waals surface area contributed by atoms with Crippen LogP contribution >= 0.6 is 0 Å². The third kappa shape index (κ3) is 4.74. The molecule has 0 aliphatic carbocycles. The minimum Gasteiger partial charge on any atom is -0.504 e. The summed E-state index contributed by atoms with van der Waals surface area (Å²) >= 11 is 0. The van der Waals surface area contributed by atoms with Gasteiger partial charge in [-0.15, -0.1) is 0 Å². The largest absolute Gasteiger partial charge is 0.504 e. The fraction of sp³-hybridized carbons (Fsp3) is 0.222. The first-order valence-corrected chi connectivity index (χ1v) is 7.37. The summed E-state index contributed by atoms with van der Waals surface area (Å²) in [5.74, 6) is 1.03. The van der Waals surface area contributed by atoms with Gasteiger partial charge in [-0.3, -0.25) is 9.98 Å². The number of phenolic OH excluding ortho intramolecular Hbond substituents is 2. The molecule has 6 nitrogen and oxygen atoms in total. The lowest BCUT2D eigenvalue weighted by Crippen LogP contribution is -1.92. The predicted octanol–water partition coefficient (Wildman–Crippen LogP) is 2.65. The molecule has 0 saturated carbocycles. The molecule has 0 amide bonds. The highest BCUT2D eigenvalue weighted by atomic mass is 16.5. The Kier molecular flexibility index (Phi) is 6.19. The first-order chi connectivity index (χ1) is 11.6. The average molecular weight is 328 g/mol. The van der Waals surface area contributed by atoms with E-state index in [1.165, 1.54) is 14.2 Å². The van der Waals surface area contributed by atoms with Crippen LogP contribution in [0.25, 0.3) is 0 Å². The van der Waals surface area contributed by atoms with Crippen LogP contribution < -0.4 is 9.47 Å². The molecule has 0 aliphatic heterocycles. The molecule has 126 valence electrons. The molecule has 24 heavy (non-hydrogen) atoms. The molecule has 0 fully saturated rings. The highest BCUT2D eigenvalue weighted by Crippen LogP contribution is 2.26. The zero-order chi connectivity index (χ0) is 17.4. The number of aromatic hydroxyl groups is 2. The standard InChI is InChI=1S/C18H20N2O4/c1-23-17-9-13(3-5-15(17)21)11-19-7-8-20-12-14-4-6-16(22)18(10-14)24-2/h3-6,9-12,21-22H,7-8H2,1-2H3. The molecule has 0 aliphatic rings. The fourth-order valence-electron chi connectivity index (χ4n) is 2.00. The van der Waals surface area contributed by atoms with Gasteiger partial charge in [-0.25, -0.2) is 0 Å². The van der Waals surface area contributed by atoms with Crippen LogP contribution in [0.2, 0.25) is 0 Å². The highest BCUT2D eigenvalue weighted by Gasteiger charge is 2.01. The molecule has 0 radical (unpaired) electrons. The molecule has 2 rings (SSSR count). The van der Waals surface area contributed by atoms with Gasteiger partial charge in [0.25, 0.3) is 0 Å². The molecule has 2 aromatic carbocycles. The Morgan fingerprint density at radius 3 is 1.58 bits per heavy atom. The van der Waals surface area contributed by atoms with Gasteiger partial charge in [0.1, 0.15) is 0 Å². The molecule has 0 spiro atoms. The van der Waals surface area contributed by atoms with Crippen molar-refractivity contribution in [1.82, 2.24) is 0 Å². The Hall–Kier alpha value is -3.02. The van der Waals surface area contributed by atoms with Gasteiger partial charge >= 0.3 is 0 Å². The Morgan fingerprint density at radius 2 is 1.21 bits per heavy atom. The number of phenols is 2. The minimum atomic E-state index is 0.101. The van der Waals surface area contributed by atoms with Crippen molar-refractivity contribution in [3.63, 3.8) is 0 Å².